The predicted molar refractivity (Wildman–Crippen MR) is 74.8 cm³/mol. The SMILES string of the molecule is Cc1ccc(CC(=O)CC2CCCNC2)cc1C. The molecule has 1 atom stereocenters. The Morgan fingerprint density at radius 2 is 2.17 bits per heavy atom. The van der Waals surface area contributed by atoms with Gasteiger partial charge in [-0.3, -0.25) is 4.79 Å². The quantitative estimate of drug-likeness (QED) is 0.883. The molecule has 0 radical (unpaired) electrons. The molecule has 98 valence electrons. The van der Waals surface area contributed by atoms with Crippen LogP contribution in [-0.2, 0) is 11.2 Å². The van der Waals surface area contributed by atoms with Crippen molar-refractivity contribution in [3.63, 3.8) is 0 Å². The summed E-state index contributed by atoms with van der Waals surface area (Å²) in [5.41, 5.74) is 3.73. The van der Waals surface area contributed by atoms with Crippen LogP contribution in [0, 0.1) is 19.8 Å². The average Bonchev–Trinajstić information content (AvgIpc) is 2.35. The van der Waals surface area contributed by atoms with Crippen LogP contribution < -0.4 is 5.32 Å². The highest BCUT2D eigenvalue weighted by Crippen LogP contribution is 2.17. The van der Waals surface area contributed by atoms with Crippen molar-refractivity contribution in [2.24, 2.45) is 5.92 Å². The van der Waals surface area contributed by atoms with Gasteiger partial charge in [-0.1, -0.05) is 18.2 Å². The number of benzene rings is 1. The van der Waals surface area contributed by atoms with Crippen LogP contribution in [0.4, 0.5) is 0 Å². The van der Waals surface area contributed by atoms with Crippen molar-refractivity contribution in [3.8, 4) is 0 Å². The van der Waals surface area contributed by atoms with E-state index in [1.807, 2.05) is 0 Å². The topological polar surface area (TPSA) is 29.1 Å². The van der Waals surface area contributed by atoms with Crippen molar-refractivity contribution < 1.29 is 4.79 Å². The summed E-state index contributed by atoms with van der Waals surface area (Å²) in [6.07, 6.45) is 3.74. The average molecular weight is 245 g/mol. The highest BCUT2D eigenvalue weighted by Gasteiger charge is 2.16. The maximum absolute atomic E-state index is 12.0. The fourth-order valence-electron chi connectivity index (χ4n) is 2.63. The zero-order valence-electron chi connectivity index (χ0n) is 11.5. The summed E-state index contributed by atoms with van der Waals surface area (Å²) in [5.74, 6) is 0.935. The normalized spacial score (nSPS) is 19.8. The molecule has 0 aromatic heterocycles. The second-order valence-corrected chi connectivity index (χ2v) is 5.55. The number of Topliss-reactive ketones (excluding diaryl/α,β-unsaturated/α-hetero) is 1. The number of aryl methyl sites for hydroxylation is 2. The summed E-state index contributed by atoms with van der Waals surface area (Å²) < 4.78 is 0. The van der Waals surface area contributed by atoms with Gasteiger partial charge in [0, 0.05) is 12.8 Å². The Morgan fingerprint density at radius 1 is 1.33 bits per heavy atom. The molecule has 0 amide bonds. The van der Waals surface area contributed by atoms with Gasteiger partial charge in [-0.25, -0.2) is 0 Å². The van der Waals surface area contributed by atoms with E-state index in [1.54, 1.807) is 0 Å². The standard InChI is InChI=1S/C16H23NO/c1-12-5-6-14(8-13(12)2)9-16(18)10-15-4-3-7-17-11-15/h5-6,8,15,17H,3-4,7,9-11H2,1-2H3. The van der Waals surface area contributed by atoms with Crippen LogP contribution in [0.15, 0.2) is 18.2 Å². The largest absolute Gasteiger partial charge is 0.316 e. The van der Waals surface area contributed by atoms with E-state index in [-0.39, 0.29) is 0 Å². The molecule has 1 aliphatic rings. The van der Waals surface area contributed by atoms with E-state index in [2.05, 4.69) is 37.4 Å². The first-order valence-corrected chi connectivity index (χ1v) is 6.93. The summed E-state index contributed by atoms with van der Waals surface area (Å²) in [6, 6.07) is 6.34. The van der Waals surface area contributed by atoms with E-state index >= 15 is 0 Å². The molecule has 1 aromatic carbocycles. The molecule has 1 aromatic rings. The molecular formula is C16H23NO. The van der Waals surface area contributed by atoms with Crippen LogP contribution in [0.1, 0.15) is 36.0 Å². The van der Waals surface area contributed by atoms with Crippen LogP contribution in [-0.4, -0.2) is 18.9 Å². The van der Waals surface area contributed by atoms with E-state index in [1.165, 1.54) is 24.0 Å². The smallest absolute Gasteiger partial charge is 0.137 e. The minimum atomic E-state index is 0.381. The zero-order valence-corrected chi connectivity index (χ0v) is 11.5. The maximum atomic E-state index is 12.0. The van der Waals surface area contributed by atoms with Crippen molar-refractivity contribution in [1.29, 1.82) is 0 Å². The Morgan fingerprint density at radius 3 is 2.83 bits per heavy atom. The van der Waals surface area contributed by atoms with Gasteiger partial charge in [0.1, 0.15) is 5.78 Å². The van der Waals surface area contributed by atoms with Crippen LogP contribution in [0.5, 0.6) is 0 Å². The van der Waals surface area contributed by atoms with Crippen molar-refractivity contribution in [2.75, 3.05) is 13.1 Å². The minimum Gasteiger partial charge on any atom is -0.316 e. The molecule has 2 rings (SSSR count). The van der Waals surface area contributed by atoms with E-state index in [0.717, 1.165) is 25.1 Å². The lowest BCUT2D eigenvalue weighted by Gasteiger charge is -2.21. The van der Waals surface area contributed by atoms with Crippen molar-refractivity contribution in [3.05, 3.63) is 34.9 Å². The molecule has 18 heavy (non-hydrogen) atoms. The van der Waals surface area contributed by atoms with Gasteiger partial charge in [0.2, 0.25) is 0 Å². The fourth-order valence-corrected chi connectivity index (χ4v) is 2.63. The van der Waals surface area contributed by atoms with Crippen molar-refractivity contribution >= 4 is 5.78 Å². The second-order valence-electron chi connectivity index (χ2n) is 5.55. The highest BCUT2D eigenvalue weighted by atomic mass is 16.1. The van der Waals surface area contributed by atoms with E-state index < -0.39 is 0 Å². The highest BCUT2D eigenvalue weighted by molar-refractivity contribution is 5.81. The number of rotatable bonds is 4. The summed E-state index contributed by atoms with van der Waals surface area (Å²) in [6.45, 7) is 6.34. The first-order chi connectivity index (χ1) is 8.65. The molecule has 0 aliphatic carbocycles. The maximum Gasteiger partial charge on any atom is 0.137 e. The summed E-state index contributed by atoms with van der Waals surface area (Å²) in [5, 5.41) is 3.37. The lowest BCUT2D eigenvalue weighted by molar-refractivity contribution is -0.119. The molecule has 1 unspecified atom stereocenters. The number of hydrogen-bond donors (Lipinski definition) is 1. The predicted octanol–water partition coefficient (Wildman–Crippen LogP) is 2.80. The number of ketones is 1. The third-order valence-electron chi connectivity index (χ3n) is 3.89. The third-order valence-corrected chi connectivity index (χ3v) is 3.89. The van der Waals surface area contributed by atoms with Gasteiger partial charge < -0.3 is 5.32 Å². The third kappa shape index (κ3) is 3.67. The molecule has 1 saturated heterocycles. The van der Waals surface area contributed by atoms with Gasteiger partial charge in [-0.2, -0.15) is 0 Å². The molecule has 0 saturated carbocycles. The first kappa shape index (κ1) is 13.3. The Labute approximate surface area is 110 Å². The van der Waals surface area contributed by atoms with Gasteiger partial charge in [-0.05, 0) is 62.4 Å². The van der Waals surface area contributed by atoms with Gasteiger partial charge in [0.15, 0.2) is 0 Å². The lowest BCUT2D eigenvalue weighted by Crippen LogP contribution is -2.31. The van der Waals surface area contributed by atoms with E-state index in [0.29, 0.717) is 18.1 Å². The van der Waals surface area contributed by atoms with Crippen molar-refractivity contribution in [2.45, 2.75) is 39.5 Å². The minimum absolute atomic E-state index is 0.381. The zero-order chi connectivity index (χ0) is 13.0. The number of carbonyl (C=O) groups is 1. The summed E-state index contributed by atoms with van der Waals surface area (Å²) in [4.78, 5) is 12.0. The Hall–Kier alpha value is -1.15. The number of hydrogen-bond acceptors (Lipinski definition) is 2. The number of nitrogens with one attached hydrogen (secondary N) is 1. The molecule has 0 bridgehead atoms. The molecule has 1 heterocycles. The van der Waals surface area contributed by atoms with Crippen LogP contribution in [0.25, 0.3) is 0 Å². The van der Waals surface area contributed by atoms with Gasteiger partial charge in [0.05, 0.1) is 0 Å². The monoisotopic (exact) mass is 245 g/mol. The molecule has 2 heteroatoms. The first-order valence-electron chi connectivity index (χ1n) is 6.93. The van der Waals surface area contributed by atoms with Crippen molar-refractivity contribution in [1.82, 2.24) is 5.32 Å². The Balaban J connectivity index is 1.88. The molecule has 0 spiro atoms. The lowest BCUT2D eigenvalue weighted by atomic mass is 9.92. The Kier molecular flexibility index (Phi) is 4.54. The summed E-state index contributed by atoms with van der Waals surface area (Å²) in [7, 11) is 0. The van der Waals surface area contributed by atoms with Crippen LogP contribution >= 0.6 is 0 Å². The fraction of sp³-hybridized carbons (Fsp3) is 0.562. The number of piperidine rings is 1. The number of carbonyl (C=O) groups excluding carboxylic acids is 1. The van der Waals surface area contributed by atoms with E-state index in [4.69, 9.17) is 0 Å². The van der Waals surface area contributed by atoms with Crippen LogP contribution in [0.3, 0.4) is 0 Å². The van der Waals surface area contributed by atoms with Gasteiger partial charge in [-0.15, -0.1) is 0 Å². The van der Waals surface area contributed by atoms with E-state index in [9.17, 15) is 4.79 Å². The molecule has 1 aliphatic heterocycles. The molecule has 1 N–H and O–H groups in total. The van der Waals surface area contributed by atoms with Gasteiger partial charge in [0.25, 0.3) is 0 Å². The molecule has 2 nitrogen and oxygen atoms in total. The molecular weight excluding hydrogens is 222 g/mol. The van der Waals surface area contributed by atoms with Gasteiger partial charge >= 0.3 is 0 Å². The summed E-state index contributed by atoms with van der Waals surface area (Å²) >= 11 is 0. The second kappa shape index (κ2) is 6.14. The Bertz CT molecular complexity index is 419. The van der Waals surface area contributed by atoms with Crippen LogP contribution in [0.2, 0.25) is 0 Å². The molecule has 1 fully saturated rings.